The van der Waals surface area contributed by atoms with Gasteiger partial charge in [0.25, 0.3) is 0 Å². The number of hydrogen-bond acceptors (Lipinski definition) is 5. The lowest BCUT2D eigenvalue weighted by Gasteiger charge is -2.30. The molecule has 8 nitrogen and oxygen atoms in total. The number of nitrogens with one attached hydrogen (secondary N) is 2. The lowest BCUT2D eigenvalue weighted by Crippen LogP contribution is -2.48. The molecule has 0 radical (unpaired) electrons. The third kappa shape index (κ3) is 4.78. The van der Waals surface area contributed by atoms with Crippen LogP contribution in [0.15, 0.2) is 35.2 Å². The predicted octanol–water partition coefficient (Wildman–Crippen LogP) is 2.29. The molecule has 2 aromatic rings. The number of halogens is 3. The van der Waals surface area contributed by atoms with Crippen molar-refractivity contribution < 1.29 is 27.5 Å². The van der Waals surface area contributed by atoms with Gasteiger partial charge in [0.15, 0.2) is 0 Å². The summed E-state index contributed by atoms with van der Waals surface area (Å²) in [6.45, 7) is 1.64. The molecular formula is C19H26F3N5O3. The molecule has 3 heterocycles. The summed E-state index contributed by atoms with van der Waals surface area (Å²) in [6.07, 6.45) is 0.485. The van der Waals surface area contributed by atoms with Crippen molar-refractivity contribution in [3.05, 3.63) is 42.4 Å². The summed E-state index contributed by atoms with van der Waals surface area (Å²) in [7, 11) is 1.37. The lowest BCUT2D eigenvalue weighted by molar-refractivity contribution is -0.272. The van der Waals surface area contributed by atoms with E-state index in [9.17, 15) is 23.1 Å². The number of hydrogen-bond donors (Lipinski definition) is 3. The molecule has 2 aromatic heterocycles. The van der Waals surface area contributed by atoms with E-state index in [2.05, 4.69) is 20.5 Å². The van der Waals surface area contributed by atoms with Gasteiger partial charge in [-0.3, -0.25) is 4.90 Å². The molecule has 11 heteroatoms. The molecule has 2 atom stereocenters. The van der Waals surface area contributed by atoms with Gasteiger partial charge >= 0.3 is 12.2 Å². The molecule has 30 heavy (non-hydrogen) atoms. The maximum Gasteiger partial charge on any atom is 0.424 e. The van der Waals surface area contributed by atoms with E-state index in [1.54, 1.807) is 12.3 Å². The van der Waals surface area contributed by atoms with Gasteiger partial charge in [0.1, 0.15) is 11.6 Å². The smallest absolute Gasteiger partial charge is 0.424 e. The normalized spacial score (nSPS) is 18.2. The SMILES string of the molecule is Cn1ccnc1C(O)(CCNC(=O)NCC(c1ccco1)N1CCCC1)C(F)(F)F. The van der Waals surface area contributed by atoms with Crippen molar-refractivity contribution >= 4 is 6.03 Å². The van der Waals surface area contributed by atoms with Crippen molar-refractivity contribution in [2.45, 2.75) is 37.1 Å². The van der Waals surface area contributed by atoms with Crippen LogP contribution in [0.25, 0.3) is 0 Å². The standard InChI is InChI=1S/C19H26F3N5O3/c1-26-11-8-23-16(26)18(29,19(20,21)22)6-7-24-17(28)25-13-14(15-5-4-12-30-15)27-9-2-3-10-27/h4-5,8,11-12,14,29H,2-3,6-7,9-10,13H2,1H3,(H2,24,25,28). The van der Waals surface area contributed by atoms with Crippen LogP contribution in [0.4, 0.5) is 18.0 Å². The van der Waals surface area contributed by atoms with E-state index in [1.807, 2.05) is 6.07 Å². The van der Waals surface area contributed by atoms with Crippen LogP contribution in [-0.2, 0) is 12.6 Å². The van der Waals surface area contributed by atoms with Crippen molar-refractivity contribution in [1.29, 1.82) is 0 Å². The Morgan fingerprint density at radius 3 is 2.63 bits per heavy atom. The summed E-state index contributed by atoms with van der Waals surface area (Å²) >= 11 is 0. The van der Waals surface area contributed by atoms with Crippen molar-refractivity contribution in [2.75, 3.05) is 26.2 Å². The Labute approximate surface area is 172 Å². The van der Waals surface area contributed by atoms with Crippen LogP contribution >= 0.6 is 0 Å². The molecule has 2 unspecified atom stereocenters. The fourth-order valence-electron chi connectivity index (χ4n) is 3.70. The summed E-state index contributed by atoms with van der Waals surface area (Å²) in [5, 5.41) is 15.4. The van der Waals surface area contributed by atoms with E-state index in [1.165, 1.54) is 19.4 Å². The van der Waals surface area contributed by atoms with Gasteiger partial charge in [-0.05, 0) is 38.1 Å². The second-order valence-corrected chi connectivity index (χ2v) is 7.38. The monoisotopic (exact) mass is 429 g/mol. The summed E-state index contributed by atoms with van der Waals surface area (Å²) in [5.41, 5.74) is -3.16. The van der Waals surface area contributed by atoms with Crippen LogP contribution in [-0.4, -0.2) is 57.9 Å². The second kappa shape index (κ2) is 9.09. The highest BCUT2D eigenvalue weighted by Gasteiger charge is 2.57. The van der Waals surface area contributed by atoms with E-state index in [0.29, 0.717) is 0 Å². The van der Waals surface area contributed by atoms with Gasteiger partial charge in [0.05, 0.1) is 12.3 Å². The average molecular weight is 429 g/mol. The van der Waals surface area contributed by atoms with E-state index in [4.69, 9.17) is 4.42 Å². The number of carbonyl (C=O) groups excluding carboxylic acids is 1. The Balaban J connectivity index is 1.55. The third-order valence-electron chi connectivity index (χ3n) is 5.34. The fourth-order valence-corrected chi connectivity index (χ4v) is 3.70. The number of urea groups is 1. The van der Waals surface area contributed by atoms with Crippen LogP contribution < -0.4 is 10.6 Å². The molecule has 3 N–H and O–H groups in total. The van der Waals surface area contributed by atoms with Gasteiger partial charge in [-0.2, -0.15) is 13.2 Å². The Morgan fingerprint density at radius 2 is 2.07 bits per heavy atom. The van der Waals surface area contributed by atoms with Gasteiger partial charge in [-0.1, -0.05) is 0 Å². The average Bonchev–Trinajstić information content (AvgIpc) is 3.44. The minimum absolute atomic E-state index is 0.145. The Bertz CT molecular complexity index is 818. The molecule has 1 saturated heterocycles. The predicted molar refractivity (Wildman–Crippen MR) is 101 cm³/mol. The van der Waals surface area contributed by atoms with Gasteiger partial charge in [-0.25, -0.2) is 9.78 Å². The van der Waals surface area contributed by atoms with Crippen molar-refractivity contribution in [3.8, 4) is 0 Å². The molecule has 0 aromatic carbocycles. The molecule has 2 amide bonds. The lowest BCUT2D eigenvalue weighted by atomic mass is 9.97. The van der Waals surface area contributed by atoms with Crippen LogP contribution in [0, 0.1) is 0 Å². The second-order valence-electron chi connectivity index (χ2n) is 7.38. The first kappa shape index (κ1) is 22.2. The Hall–Kier alpha value is -2.53. The number of likely N-dealkylation sites (tertiary alicyclic amines) is 1. The number of amides is 2. The molecular weight excluding hydrogens is 403 g/mol. The maximum atomic E-state index is 13.5. The first-order chi connectivity index (χ1) is 14.2. The highest BCUT2D eigenvalue weighted by Crippen LogP contribution is 2.40. The zero-order chi connectivity index (χ0) is 21.8. The van der Waals surface area contributed by atoms with Crippen molar-refractivity contribution in [1.82, 2.24) is 25.1 Å². The largest absolute Gasteiger partial charge is 0.468 e. The molecule has 0 bridgehead atoms. The summed E-state index contributed by atoms with van der Waals surface area (Å²) in [4.78, 5) is 18.0. The highest BCUT2D eigenvalue weighted by atomic mass is 19.4. The zero-order valence-electron chi connectivity index (χ0n) is 16.7. The molecule has 1 aliphatic heterocycles. The van der Waals surface area contributed by atoms with E-state index >= 15 is 0 Å². The summed E-state index contributed by atoms with van der Waals surface area (Å²) in [5.74, 6) is 0.197. The number of carbonyl (C=O) groups is 1. The molecule has 1 aliphatic rings. The number of aliphatic hydroxyl groups is 1. The first-order valence-electron chi connectivity index (χ1n) is 9.78. The Kier molecular flexibility index (Phi) is 6.71. The number of furan rings is 1. The number of rotatable bonds is 8. The molecule has 0 saturated carbocycles. The molecule has 3 rings (SSSR count). The van der Waals surface area contributed by atoms with Gasteiger partial charge in [-0.15, -0.1) is 0 Å². The van der Waals surface area contributed by atoms with Crippen molar-refractivity contribution in [3.63, 3.8) is 0 Å². The number of nitrogens with zero attached hydrogens (tertiary/aromatic N) is 3. The van der Waals surface area contributed by atoms with Gasteiger partial charge in [0.2, 0.25) is 5.60 Å². The van der Waals surface area contributed by atoms with E-state index in [0.717, 1.165) is 36.3 Å². The number of alkyl halides is 3. The van der Waals surface area contributed by atoms with Crippen LogP contribution in [0.2, 0.25) is 0 Å². The first-order valence-corrected chi connectivity index (χ1v) is 9.78. The molecule has 1 fully saturated rings. The van der Waals surface area contributed by atoms with Gasteiger partial charge in [0, 0.05) is 39.0 Å². The molecule has 0 spiro atoms. The topological polar surface area (TPSA) is 95.6 Å². The fraction of sp³-hybridized carbons (Fsp3) is 0.579. The minimum Gasteiger partial charge on any atom is -0.468 e. The molecule has 166 valence electrons. The van der Waals surface area contributed by atoms with Crippen LogP contribution in [0.5, 0.6) is 0 Å². The van der Waals surface area contributed by atoms with E-state index < -0.39 is 30.1 Å². The number of aryl methyl sites for hydroxylation is 1. The Morgan fingerprint density at radius 1 is 1.33 bits per heavy atom. The third-order valence-corrected chi connectivity index (χ3v) is 5.34. The van der Waals surface area contributed by atoms with Crippen LogP contribution in [0.3, 0.4) is 0 Å². The number of imidazole rings is 1. The van der Waals surface area contributed by atoms with Crippen LogP contribution in [0.1, 0.15) is 36.9 Å². The highest BCUT2D eigenvalue weighted by molar-refractivity contribution is 5.73. The zero-order valence-corrected chi connectivity index (χ0v) is 16.7. The molecule has 0 aliphatic carbocycles. The van der Waals surface area contributed by atoms with Gasteiger partial charge < -0.3 is 24.7 Å². The maximum absolute atomic E-state index is 13.5. The quantitative estimate of drug-likeness (QED) is 0.599. The van der Waals surface area contributed by atoms with E-state index in [-0.39, 0.29) is 19.1 Å². The number of aromatic nitrogens is 2. The minimum atomic E-state index is -4.94. The summed E-state index contributed by atoms with van der Waals surface area (Å²) < 4.78 is 47.1. The van der Waals surface area contributed by atoms with Crippen molar-refractivity contribution in [2.24, 2.45) is 7.05 Å². The summed E-state index contributed by atoms with van der Waals surface area (Å²) in [6, 6.07) is 2.84.